The van der Waals surface area contributed by atoms with Crippen LogP contribution in [0.15, 0.2) is 77.9 Å². The second kappa shape index (κ2) is 14.7. The third kappa shape index (κ3) is 7.15. The summed E-state index contributed by atoms with van der Waals surface area (Å²) in [6, 6.07) is 20.0. The van der Waals surface area contributed by atoms with Gasteiger partial charge in [-0.3, -0.25) is 18.8 Å². The molecule has 2 aliphatic rings. The van der Waals surface area contributed by atoms with Crippen molar-refractivity contribution in [3.8, 4) is 33.5 Å². The summed E-state index contributed by atoms with van der Waals surface area (Å²) in [5.41, 5.74) is 8.11. The number of carbonyl (C=O) groups excluding carboxylic acids is 2. The van der Waals surface area contributed by atoms with Crippen LogP contribution in [0.4, 0.5) is 0 Å². The summed E-state index contributed by atoms with van der Waals surface area (Å²) < 4.78 is 1.56. The van der Waals surface area contributed by atoms with E-state index in [0.29, 0.717) is 66.1 Å². The minimum Gasteiger partial charge on any atom is -0.352 e. The second-order valence-electron chi connectivity index (χ2n) is 12.9. The topological polar surface area (TPSA) is 130 Å². The highest BCUT2D eigenvalue weighted by Gasteiger charge is 2.22. The van der Waals surface area contributed by atoms with Crippen molar-refractivity contribution in [2.24, 2.45) is 0 Å². The van der Waals surface area contributed by atoms with Gasteiger partial charge in [-0.2, -0.15) is 0 Å². The van der Waals surface area contributed by atoms with Gasteiger partial charge in [0.25, 0.3) is 5.56 Å². The van der Waals surface area contributed by atoms with Gasteiger partial charge < -0.3 is 21.3 Å². The molecule has 3 aromatic heterocycles. The maximum absolute atomic E-state index is 13.3. The van der Waals surface area contributed by atoms with E-state index in [0.717, 1.165) is 51.8 Å². The SMILES string of the molecule is Cc1c(-c2ccn3c(=O)c(CNCC4CCC(=O)N4)cnc3c2)cccc1-c1cccc(-c2ccc(CNCC3CCC(=O)N3)c(Cl)n2)c1Cl. The molecule has 0 bridgehead atoms. The van der Waals surface area contributed by atoms with E-state index >= 15 is 0 Å². The Hall–Kier alpha value is -4.61. The van der Waals surface area contributed by atoms with Gasteiger partial charge in [-0.05, 0) is 60.2 Å². The van der Waals surface area contributed by atoms with Crippen molar-refractivity contribution >= 4 is 40.7 Å². The standard InChI is InChI=1S/C38H37Cl2N7O3/c1-22-28(23-14-15-47-33(16-23)43-19-25(38(47)50)18-42-21-27-10-13-35(49)45-27)4-2-5-29(22)30-6-3-7-31(36(30)39)32-11-8-24(37(40)46-32)17-41-20-26-9-12-34(48)44-26/h2-8,11,14-16,19,26-27,41-42H,9-10,12-13,17-18,20-21H2,1H3,(H,44,48)(H,45,49). The number of benzene rings is 2. The van der Waals surface area contributed by atoms with Crippen LogP contribution in [0.1, 0.15) is 42.4 Å². The Labute approximate surface area is 299 Å². The Bertz CT molecular complexity index is 2170. The quantitative estimate of drug-likeness (QED) is 0.134. The van der Waals surface area contributed by atoms with Gasteiger partial charge in [0, 0.05) is 85.8 Å². The zero-order valence-electron chi connectivity index (χ0n) is 27.6. The number of nitrogens with zero attached hydrogens (tertiary/aromatic N) is 3. The van der Waals surface area contributed by atoms with Crippen molar-refractivity contribution in [3.05, 3.63) is 110 Å². The van der Waals surface area contributed by atoms with E-state index in [-0.39, 0.29) is 29.5 Å². The lowest BCUT2D eigenvalue weighted by Crippen LogP contribution is -2.36. The number of rotatable bonds is 11. The molecule has 5 heterocycles. The number of aromatic nitrogens is 3. The summed E-state index contributed by atoms with van der Waals surface area (Å²) in [5.74, 6) is 0.165. The van der Waals surface area contributed by atoms with Crippen LogP contribution >= 0.6 is 23.2 Å². The summed E-state index contributed by atoms with van der Waals surface area (Å²) in [4.78, 5) is 45.5. The Balaban J connectivity index is 1.09. The van der Waals surface area contributed by atoms with Crippen LogP contribution in [0.3, 0.4) is 0 Å². The minimum absolute atomic E-state index is 0.0695. The monoisotopic (exact) mass is 709 g/mol. The molecular weight excluding hydrogens is 673 g/mol. The first-order chi connectivity index (χ1) is 24.2. The lowest BCUT2D eigenvalue weighted by molar-refractivity contribution is -0.120. The molecule has 12 heteroatoms. The number of amides is 2. The largest absolute Gasteiger partial charge is 0.352 e. The fraction of sp³-hybridized carbons (Fsp3) is 0.289. The maximum atomic E-state index is 13.3. The van der Waals surface area contributed by atoms with Gasteiger partial charge in [-0.1, -0.05) is 65.7 Å². The molecule has 7 rings (SSSR count). The number of fused-ring (bicyclic) bond motifs is 1. The average molecular weight is 711 g/mol. The lowest BCUT2D eigenvalue weighted by Gasteiger charge is -2.16. The Kier molecular flexibility index (Phi) is 9.96. The van der Waals surface area contributed by atoms with Crippen LogP contribution in [-0.4, -0.2) is 51.4 Å². The fourth-order valence-electron chi connectivity index (χ4n) is 6.75. The molecule has 2 atom stereocenters. The van der Waals surface area contributed by atoms with Gasteiger partial charge in [0.05, 0.1) is 10.7 Å². The Morgan fingerprint density at radius 3 is 2.10 bits per heavy atom. The van der Waals surface area contributed by atoms with Crippen molar-refractivity contribution in [1.82, 2.24) is 35.6 Å². The average Bonchev–Trinajstić information content (AvgIpc) is 3.73. The van der Waals surface area contributed by atoms with Crippen molar-refractivity contribution in [2.45, 2.75) is 57.8 Å². The number of hydrogen-bond donors (Lipinski definition) is 4. The number of carbonyl (C=O) groups is 2. The predicted molar refractivity (Wildman–Crippen MR) is 196 cm³/mol. The highest BCUT2D eigenvalue weighted by atomic mass is 35.5. The molecule has 2 aliphatic heterocycles. The number of pyridine rings is 2. The number of hydrogen-bond acceptors (Lipinski definition) is 7. The second-order valence-corrected chi connectivity index (χ2v) is 13.6. The summed E-state index contributed by atoms with van der Waals surface area (Å²) in [5, 5.41) is 13.5. The molecule has 5 aromatic rings. The molecule has 2 unspecified atom stereocenters. The molecule has 0 saturated carbocycles. The van der Waals surface area contributed by atoms with E-state index < -0.39 is 0 Å². The normalized spacial score (nSPS) is 17.3. The van der Waals surface area contributed by atoms with Crippen molar-refractivity contribution < 1.29 is 9.59 Å². The first-order valence-electron chi connectivity index (χ1n) is 16.8. The highest BCUT2D eigenvalue weighted by Crippen LogP contribution is 2.40. The molecule has 2 fully saturated rings. The van der Waals surface area contributed by atoms with Crippen molar-refractivity contribution in [2.75, 3.05) is 13.1 Å². The molecule has 2 amide bonds. The zero-order chi connectivity index (χ0) is 34.8. The predicted octanol–water partition coefficient (Wildman–Crippen LogP) is 5.44. The fourth-order valence-corrected chi connectivity index (χ4v) is 7.29. The molecule has 10 nitrogen and oxygen atoms in total. The third-order valence-corrected chi connectivity index (χ3v) is 10.2. The van der Waals surface area contributed by atoms with E-state index in [1.165, 1.54) is 0 Å². The van der Waals surface area contributed by atoms with Crippen molar-refractivity contribution in [1.29, 1.82) is 0 Å². The molecule has 256 valence electrons. The van der Waals surface area contributed by atoms with Crippen LogP contribution in [0.5, 0.6) is 0 Å². The third-order valence-electron chi connectivity index (χ3n) is 9.50. The zero-order valence-corrected chi connectivity index (χ0v) is 29.1. The number of nitrogens with one attached hydrogen (secondary N) is 4. The Morgan fingerprint density at radius 1 is 0.800 bits per heavy atom. The smallest absolute Gasteiger partial charge is 0.262 e. The summed E-state index contributed by atoms with van der Waals surface area (Å²) >= 11 is 13.7. The van der Waals surface area contributed by atoms with Crippen LogP contribution in [0.25, 0.3) is 39.2 Å². The van der Waals surface area contributed by atoms with E-state index in [4.69, 9.17) is 23.2 Å². The van der Waals surface area contributed by atoms with Gasteiger partial charge in [-0.25, -0.2) is 9.97 Å². The molecule has 2 saturated heterocycles. The van der Waals surface area contributed by atoms with Crippen molar-refractivity contribution in [3.63, 3.8) is 0 Å². The van der Waals surface area contributed by atoms with Crippen LogP contribution in [-0.2, 0) is 22.7 Å². The van der Waals surface area contributed by atoms with Gasteiger partial charge >= 0.3 is 0 Å². The maximum Gasteiger partial charge on any atom is 0.262 e. The van der Waals surface area contributed by atoms with E-state index in [9.17, 15) is 14.4 Å². The molecule has 0 radical (unpaired) electrons. The molecule has 0 spiro atoms. The molecule has 50 heavy (non-hydrogen) atoms. The number of halogens is 2. The highest BCUT2D eigenvalue weighted by molar-refractivity contribution is 6.36. The van der Waals surface area contributed by atoms with Crippen LogP contribution < -0.4 is 26.8 Å². The molecule has 0 aliphatic carbocycles. The van der Waals surface area contributed by atoms with E-state index in [1.807, 2.05) is 54.6 Å². The van der Waals surface area contributed by atoms with E-state index in [1.54, 1.807) is 16.8 Å². The summed E-state index contributed by atoms with van der Waals surface area (Å²) in [7, 11) is 0. The lowest BCUT2D eigenvalue weighted by atomic mass is 9.92. The minimum atomic E-state index is -0.129. The summed E-state index contributed by atoms with van der Waals surface area (Å²) in [6.45, 7) is 4.25. The van der Waals surface area contributed by atoms with Gasteiger partial charge in [-0.15, -0.1) is 0 Å². The van der Waals surface area contributed by atoms with E-state index in [2.05, 4.69) is 44.2 Å². The Morgan fingerprint density at radius 2 is 1.44 bits per heavy atom. The first kappa shape index (κ1) is 33.9. The van der Waals surface area contributed by atoms with Crippen LogP contribution in [0.2, 0.25) is 10.2 Å². The van der Waals surface area contributed by atoms with Gasteiger partial charge in [0.2, 0.25) is 11.8 Å². The summed E-state index contributed by atoms with van der Waals surface area (Å²) in [6.07, 6.45) is 6.13. The van der Waals surface area contributed by atoms with Gasteiger partial charge in [0.1, 0.15) is 10.8 Å². The van der Waals surface area contributed by atoms with Gasteiger partial charge in [0.15, 0.2) is 0 Å². The van der Waals surface area contributed by atoms with Crippen LogP contribution in [0, 0.1) is 6.92 Å². The molecule has 2 aromatic carbocycles. The molecule has 4 N–H and O–H groups in total. The first-order valence-corrected chi connectivity index (χ1v) is 17.6. The molecular formula is C38H37Cl2N7O3.